The lowest BCUT2D eigenvalue weighted by atomic mass is 10.0. The van der Waals surface area contributed by atoms with Gasteiger partial charge in [-0.05, 0) is 36.1 Å². The minimum atomic E-state index is -4.59. The first kappa shape index (κ1) is 22.2. The zero-order chi connectivity index (χ0) is 22.6. The number of rotatable bonds is 6. The zero-order valence-electron chi connectivity index (χ0n) is 17.4. The number of aliphatic hydroxyl groups is 1. The van der Waals surface area contributed by atoms with Crippen molar-refractivity contribution >= 4 is 5.82 Å². The molecule has 0 amide bonds. The predicted molar refractivity (Wildman–Crippen MR) is 115 cm³/mol. The van der Waals surface area contributed by atoms with Crippen LogP contribution in [-0.2, 0) is 19.3 Å². The number of nitrogens with zero attached hydrogens (tertiary/aromatic N) is 4. The number of pyridine rings is 1. The maximum absolute atomic E-state index is 13.4. The van der Waals surface area contributed by atoms with E-state index in [0.29, 0.717) is 12.1 Å². The third kappa shape index (κ3) is 5.60. The molecule has 1 aliphatic rings. The molecule has 9 heteroatoms. The van der Waals surface area contributed by atoms with Crippen LogP contribution in [0.2, 0.25) is 0 Å². The molecule has 0 spiro atoms. The number of hydrogen-bond donors (Lipinski definition) is 2. The number of hydrogen-bond acceptors (Lipinski definition) is 6. The first-order chi connectivity index (χ1) is 15.4. The Kier molecular flexibility index (Phi) is 6.66. The lowest BCUT2D eigenvalue weighted by molar-refractivity contribution is -0.141. The van der Waals surface area contributed by atoms with Crippen LogP contribution >= 0.6 is 0 Å². The number of aromatic nitrogens is 3. The Balaban J connectivity index is 1.54. The second kappa shape index (κ2) is 9.62. The van der Waals surface area contributed by atoms with Crippen LogP contribution in [0.3, 0.4) is 0 Å². The molecule has 1 aromatic carbocycles. The molecule has 1 fully saturated rings. The topological polar surface area (TPSA) is 74.2 Å². The first-order valence-corrected chi connectivity index (χ1v) is 10.5. The lowest BCUT2D eigenvalue weighted by Crippen LogP contribution is -2.35. The van der Waals surface area contributed by atoms with Crippen molar-refractivity contribution in [2.24, 2.45) is 0 Å². The van der Waals surface area contributed by atoms with Crippen LogP contribution in [0.15, 0.2) is 54.9 Å². The van der Waals surface area contributed by atoms with E-state index in [9.17, 15) is 18.3 Å². The maximum atomic E-state index is 13.4. The summed E-state index contributed by atoms with van der Waals surface area (Å²) >= 11 is 0. The van der Waals surface area contributed by atoms with Gasteiger partial charge in [0.1, 0.15) is 5.82 Å². The van der Waals surface area contributed by atoms with Gasteiger partial charge in [0, 0.05) is 50.2 Å². The molecule has 0 atom stereocenters. The Morgan fingerprint density at radius 1 is 1.00 bits per heavy atom. The molecular formula is C23H24F3N5O. The third-order valence-corrected chi connectivity index (χ3v) is 5.48. The minimum Gasteiger partial charge on any atom is -0.393 e. The zero-order valence-corrected chi connectivity index (χ0v) is 17.4. The van der Waals surface area contributed by atoms with Crippen molar-refractivity contribution in [2.45, 2.75) is 38.2 Å². The molecule has 0 radical (unpaired) electrons. The number of nitrogens with one attached hydrogen (secondary N) is 1. The van der Waals surface area contributed by atoms with E-state index >= 15 is 0 Å². The SMILES string of the molecule is OC1CCN(Cc2ccccc2CNc2cc(C(F)(F)F)nc(-c3ccncc3)n2)CC1. The van der Waals surface area contributed by atoms with Crippen LogP contribution in [0.4, 0.5) is 19.0 Å². The largest absolute Gasteiger partial charge is 0.433 e. The van der Waals surface area contributed by atoms with Crippen LogP contribution in [0, 0.1) is 0 Å². The molecule has 4 rings (SSSR count). The Hall–Kier alpha value is -3.04. The molecule has 2 aromatic heterocycles. The second-order valence-electron chi connectivity index (χ2n) is 7.83. The number of halogens is 3. The number of alkyl halides is 3. The summed E-state index contributed by atoms with van der Waals surface area (Å²) in [6.07, 6.45) is -0.348. The molecule has 32 heavy (non-hydrogen) atoms. The third-order valence-electron chi connectivity index (χ3n) is 5.48. The average Bonchev–Trinajstić information content (AvgIpc) is 2.80. The molecule has 0 saturated carbocycles. The van der Waals surface area contributed by atoms with Crippen LogP contribution in [-0.4, -0.2) is 44.2 Å². The number of likely N-dealkylation sites (tertiary alicyclic amines) is 1. The minimum absolute atomic E-state index is 0.00937. The van der Waals surface area contributed by atoms with Crippen LogP contribution in [0.5, 0.6) is 0 Å². The maximum Gasteiger partial charge on any atom is 0.433 e. The number of aliphatic hydroxyl groups excluding tert-OH is 1. The smallest absolute Gasteiger partial charge is 0.393 e. The highest BCUT2D eigenvalue weighted by atomic mass is 19.4. The van der Waals surface area contributed by atoms with E-state index in [0.717, 1.165) is 49.7 Å². The summed E-state index contributed by atoms with van der Waals surface area (Å²) < 4.78 is 40.3. The van der Waals surface area contributed by atoms with Gasteiger partial charge in [0.2, 0.25) is 0 Å². The highest BCUT2D eigenvalue weighted by Gasteiger charge is 2.34. The quantitative estimate of drug-likeness (QED) is 0.597. The lowest BCUT2D eigenvalue weighted by Gasteiger charge is -2.30. The van der Waals surface area contributed by atoms with Gasteiger partial charge in [0.25, 0.3) is 0 Å². The van der Waals surface area contributed by atoms with Gasteiger partial charge in [-0.15, -0.1) is 0 Å². The number of benzene rings is 1. The first-order valence-electron chi connectivity index (χ1n) is 10.5. The standard InChI is InChI=1S/C23H24F3N5O/c24-23(25,26)20-13-21(30-22(29-20)16-5-9-27-10-6-16)28-14-17-3-1-2-4-18(17)15-31-11-7-19(32)8-12-31/h1-6,9-10,13,19,32H,7-8,11-12,14-15H2,(H,28,29,30). The van der Waals surface area contributed by atoms with E-state index in [1.54, 1.807) is 12.1 Å². The van der Waals surface area contributed by atoms with Gasteiger partial charge in [-0.25, -0.2) is 9.97 Å². The van der Waals surface area contributed by atoms with Gasteiger partial charge in [0.05, 0.1) is 6.10 Å². The normalized spacial score (nSPS) is 15.6. The van der Waals surface area contributed by atoms with Crippen molar-refractivity contribution in [3.63, 3.8) is 0 Å². The van der Waals surface area contributed by atoms with E-state index in [1.807, 2.05) is 24.3 Å². The van der Waals surface area contributed by atoms with E-state index in [-0.39, 0.29) is 17.7 Å². The van der Waals surface area contributed by atoms with Gasteiger partial charge >= 0.3 is 6.18 Å². The van der Waals surface area contributed by atoms with Crippen LogP contribution < -0.4 is 5.32 Å². The summed E-state index contributed by atoms with van der Waals surface area (Å²) in [6.45, 7) is 2.69. The summed E-state index contributed by atoms with van der Waals surface area (Å²) in [5, 5.41) is 12.8. The van der Waals surface area contributed by atoms with Crippen molar-refractivity contribution < 1.29 is 18.3 Å². The van der Waals surface area contributed by atoms with Gasteiger partial charge < -0.3 is 10.4 Å². The van der Waals surface area contributed by atoms with E-state index in [1.165, 1.54) is 12.4 Å². The van der Waals surface area contributed by atoms with Gasteiger partial charge in [-0.2, -0.15) is 13.2 Å². The molecule has 0 bridgehead atoms. The molecule has 1 aliphatic heterocycles. The molecule has 0 aliphatic carbocycles. The van der Waals surface area contributed by atoms with Crippen molar-refractivity contribution in [3.8, 4) is 11.4 Å². The van der Waals surface area contributed by atoms with E-state index in [4.69, 9.17) is 0 Å². The molecule has 3 aromatic rings. The van der Waals surface area contributed by atoms with Crippen LogP contribution in [0.25, 0.3) is 11.4 Å². The summed E-state index contributed by atoms with van der Waals surface area (Å²) in [6, 6.07) is 11.9. The second-order valence-corrected chi connectivity index (χ2v) is 7.83. The number of anilines is 1. The van der Waals surface area contributed by atoms with Crippen molar-refractivity contribution in [1.82, 2.24) is 19.9 Å². The fraction of sp³-hybridized carbons (Fsp3) is 0.348. The molecule has 6 nitrogen and oxygen atoms in total. The summed E-state index contributed by atoms with van der Waals surface area (Å²) in [5.74, 6) is 0.0971. The fourth-order valence-electron chi connectivity index (χ4n) is 3.70. The highest BCUT2D eigenvalue weighted by molar-refractivity contribution is 5.57. The summed E-state index contributed by atoms with van der Waals surface area (Å²) in [7, 11) is 0. The Morgan fingerprint density at radius 2 is 1.69 bits per heavy atom. The molecule has 1 saturated heterocycles. The Morgan fingerprint density at radius 3 is 2.38 bits per heavy atom. The molecule has 0 unspecified atom stereocenters. The van der Waals surface area contributed by atoms with Crippen molar-refractivity contribution in [2.75, 3.05) is 18.4 Å². The monoisotopic (exact) mass is 443 g/mol. The summed E-state index contributed by atoms with van der Waals surface area (Å²) in [4.78, 5) is 14.2. The van der Waals surface area contributed by atoms with Gasteiger partial charge in [-0.1, -0.05) is 24.3 Å². The van der Waals surface area contributed by atoms with Crippen molar-refractivity contribution in [3.05, 3.63) is 71.7 Å². The fourth-order valence-corrected chi connectivity index (χ4v) is 3.70. The highest BCUT2D eigenvalue weighted by Crippen LogP contribution is 2.31. The molecule has 2 N–H and O–H groups in total. The Bertz CT molecular complexity index is 1040. The van der Waals surface area contributed by atoms with E-state index < -0.39 is 11.9 Å². The predicted octanol–water partition coefficient (Wildman–Crippen LogP) is 4.13. The van der Waals surface area contributed by atoms with Gasteiger partial charge in [-0.3, -0.25) is 9.88 Å². The van der Waals surface area contributed by atoms with Crippen molar-refractivity contribution in [1.29, 1.82) is 0 Å². The van der Waals surface area contributed by atoms with E-state index in [2.05, 4.69) is 25.2 Å². The molecular weight excluding hydrogens is 419 g/mol. The summed E-state index contributed by atoms with van der Waals surface area (Å²) in [5.41, 5.74) is 1.54. The molecule has 168 valence electrons. The number of piperidine rings is 1. The molecule has 3 heterocycles. The average molecular weight is 443 g/mol. The van der Waals surface area contributed by atoms with Crippen LogP contribution in [0.1, 0.15) is 29.7 Å². The Labute approximate surface area is 184 Å². The van der Waals surface area contributed by atoms with Gasteiger partial charge in [0.15, 0.2) is 11.5 Å².